The molecule has 0 spiro atoms. The molecule has 0 unspecified atom stereocenters. The van der Waals surface area contributed by atoms with Gasteiger partial charge in [-0.1, -0.05) is 49.3 Å². The molecule has 2 aromatic rings. The topological polar surface area (TPSA) is 81.4 Å². The predicted molar refractivity (Wildman–Crippen MR) is 96.4 cm³/mol. The Labute approximate surface area is 152 Å². The number of carbonyl (C=O) groups is 1. The zero-order valence-corrected chi connectivity index (χ0v) is 15.1. The molecule has 0 aliphatic carbocycles. The Morgan fingerprint density at radius 3 is 2.85 bits per heavy atom. The van der Waals surface area contributed by atoms with Crippen molar-refractivity contribution >= 4 is 11.6 Å². The Kier molecular flexibility index (Phi) is 4.44. The molecule has 2 aliphatic heterocycles. The molecular formula is C19H23N5O2. The average molecular weight is 353 g/mol. The number of carbonyl (C=O) groups excluding carboxylic acids is 1. The lowest BCUT2D eigenvalue weighted by Gasteiger charge is -2.21. The first-order chi connectivity index (χ1) is 12.6. The minimum Gasteiger partial charge on any atom is -0.387 e. The van der Waals surface area contributed by atoms with Crippen LogP contribution in [0.3, 0.4) is 0 Å². The van der Waals surface area contributed by atoms with Crippen molar-refractivity contribution in [1.82, 2.24) is 20.1 Å². The number of benzene rings is 1. The fourth-order valence-electron chi connectivity index (χ4n) is 3.51. The van der Waals surface area contributed by atoms with Crippen LogP contribution in [0.5, 0.6) is 0 Å². The van der Waals surface area contributed by atoms with E-state index in [0.717, 1.165) is 36.6 Å². The molecule has 4 rings (SSSR count). The summed E-state index contributed by atoms with van der Waals surface area (Å²) in [6.45, 7) is 5.05. The third-order valence-corrected chi connectivity index (χ3v) is 4.97. The summed E-state index contributed by atoms with van der Waals surface area (Å²) in [5, 5.41) is 15.7. The standard InChI is InChI=1S/C19H23N5O2/c1-12(2)17(18-22-21-16-9-6-10-24(16)18)20-19(25)14-11-15(26-23-14)13-7-4-3-5-8-13/h3-5,7-8,12,15,17H,6,9-11H2,1-2H3,(H,20,25)/t15-,17+/m1/s1. The number of oxime groups is 1. The smallest absolute Gasteiger partial charge is 0.269 e. The minimum absolute atomic E-state index is 0.194. The van der Waals surface area contributed by atoms with Crippen molar-refractivity contribution in [3.05, 3.63) is 47.5 Å². The first-order valence-corrected chi connectivity index (χ1v) is 9.14. The Morgan fingerprint density at radius 2 is 2.08 bits per heavy atom. The summed E-state index contributed by atoms with van der Waals surface area (Å²) in [6.07, 6.45) is 2.30. The Bertz CT molecular complexity index is 828. The van der Waals surface area contributed by atoms with Crippen LogP contribution in [0.4, 0.5) is 0 Å². The fraction of sp³-hybridized carbons (Fsp3) is 0.474. The third-order valence-electron chi connectivity index (χ3n) is 4.97. The summed E-state index contributed by atoms with van der Waals surface area (Å²) < 4.78 is 2.13. The number of aryl methyl sites for hydroxylation is 1. The van der Waals surface area contributed by atoms with Gasteiger partial charge in [-0.3, -0.25) is 4.79 Å². The van der Waals surface area contributed by atoms with E-state index >= 15 is 0 Å². The number of amides is 1. The SMILES string of the molecule is CC(C)[C@H](NC(=O)C1=NO[C@@H](c2ccccc2)C1)c1nnc2n1CCC2. The highest BCUT2D eigenvalue weighted by Crippen LogP contribution is 2.28. The molecule has 7 nitrogen and oxygen atoms in total. The van der Waals surface area contributed by atoms with Crippen LogP contribution in [0.1, 0.15) is 56.0 Å². The van der Waals surface area contributed by atoms with Gasteiger partial charge in [-0.2, -0.15) is 0 Å². The molecule has 1 amide bonds. The number of fused-ring (bicyclic) bond motifs is 1. The van der Waals surface area contributed by atoms with Crippen LogP contribution >= 0.6 is 0 Å². The molecule has 0 saturated carbocycles. The quantitative estimate of drug-likeness (QED) is 0.896. The van der Waals surface area contributed by atoms with E-state index in [1.54, 1.807) is 0 Å². The van der Waals surface area contributed by atoms with E-state index in [4.69, 9.17) is 4.84 Å². The van der Waals surface area contributed by atoms with Crippen LogP contribution < -0.4 is 5.32 Å². The molecule has 3 heterocycles. The lowest BCUT2D eigenvalue weighted by molar-refractivity contribution is -0.116. The van der Waals surface area contributed by atoms with Gasteiger partial charge in [0.25, 0.3) is 5.91 Å². The fourth-order valence-corrected chi connectivity index (χ4v) is 3.51. The van der Waals surface area contributed by atoms with Crippen molar-refractivity contribution < 1.29 is 9.63 Å². The third kappa shape index (κ3) is 3.09. The molecule has 0 radical (unpaired) electrons. The van der Waals surface area contributed by atoms with Crippen molar-refractivity contribution in [2.75, 3.05) is 0 Å². The molecule has 26 heavy (non-hydrogen) atoms. The van der Waals surface area contributed by atoms with Gasteiger partial charge in [0.2, 0.25) is 0 Å². The van der Waals surface area contributed by atoms with Gasteiger partial charge < -0.3 is 14.7 Å². The average Bonchev–Trinajstić information content (AvgIpc) is 3.37. The highest BCUT2D eigenvalue weighted by molar-refractivity contribution is 6.39. The number of nitrogens with zero attached hydrogens (tertiary/aromatic N) is 4. The van der Waals surface area contributed by atoms with Gasteiger partial charge in [0.05, 0.1) is 6.04 Å². The second kappa shape index (κ2) is 6.90. The molecule has 1 aromatic heterocycles. The highest BCUT2D eigenvalue weighted by Gasteiger charge is 2.32. The van der Waals surface area contributed by atoms with Crippen LogP contribution in [-0.4, -0.2) is 26.4 Å². The first-order valence-electron chi connectivity index (χ1n) is 9.14. The number of rotatable bonds is 5. The van der Waals surface area contributed by atoms with E-state index in [1.165, 1.54) is 0 Å². The van der Waals surface area contributed by atoms with Crippen LogP contribution in [-0.2, 0) is 22.6 Å². The van der Waals surface area contributed by atoms with E-state index in [9.17, 15) is 4.79 Å². The Balaban J connectivity index is 1.46. The minimum atomic E-state index is -0.202. The van der Waals surface area contributed by atoms with Gasteiger partial charge >= 0.3 is 0 Å². The summed E-state index contributed by atoms with van der Waals surface area (Å²) >= 11 is 0. The number of nitrogens with one attached hydrogen (secondary N) is 1. The van der Waals surface area contributed by atoms with Crippen LogP contribution in [0.15, 0.2) is 35.5 Å². The van der Waals surface area contributed by atoms with E-state index in [1.807, 2.05) is 30.3 Å². The molecule has 0 saturated heterocycles. The maximum absolute atomic E-state index is 12.8. The molecule has 2 aliphatic rings. The Morgan fingerprint density at radius 1 is 1.27 bits per heavy atom. The van der Waals surface area contributed by atoms with E-state index in [-0.39, 0.29) is 24.0 Å². The molecule has 136 valence electrons. The van der Waals surface area contributed by atoms with Gasteiger partial charge in [-0.05, 0) is 17.9 Å². The van der Waals surface area contributed by atoms with Gasteiger partial charge in [0.1, 0.15) is 11.5 Å². The summed E-state index contributed by atoms with van der Waals surface area (Å²) in [7, 11) is 0. The zero-order valence-electron chi connectivity index (χ0n) is 15.1. The molecule has 1 N–H and O–H groups in total. The second-order valence-electron chi connectivity index (χ2n) is 7.17. The normalized spacial score (nSPS) is 19.8. The van der Waals surface area contributed by atoms with Crippen molar-refractivity contribution in [3.63, 3.8) is 0 Å². The molecule has 1 aromatic carbocycles. The largest absolute Gasteiger partial charge is 0.387 e. The van der Waals surface area contributed by atoms with Crippen LogP contribution in [0.25, 0.3) is 0 Å². The number of aromatic nitrogens is 3. The van der Waals surface area contributed by atoms with Gasteiger partial charge in [0, 0.05) is 19.4 Å². The number of hydrogen-bond acceptors (Lipinski definition) is 5. The number of hydrogen-bond donors (Lipinski definition) is 1. The first kappa shape index (κ1) is 16.8. The maximum Gasteiger partial charge on any atom is 0.269 e. The molecule has 0 bridgehead atoms. The second-order valence-corrected chi connectivity index (χ2v) is 7.17. The lowest BCUT2D eigenvalue weighted by atomic mass is 10.0. The molecule has 2 atom stereocenters. The van der Waals surface area contributed by atoms with Crippen molar-refractivity contribution in [2.24, 2.45) is 11.1 Å². The monoisotopic (exact) mass is 353 g/mol. The van der Waals surface area contributed by atoms with Crippen molar-refractivity contribution in [2.45, 2.75) is 51.8 Å². The predicted octanol–water partition coefficient (Wildman–Crippen LogP) is 2.56. The van der Waals surface area contributed by atoms with Crippen LogP contribution in [0, 0.1) is 5.92 Å². The summed E-state index contributed by atoms with van der Waals surface area (Å²) in [4.78, 5) is 18.2. The summed E-state index contributed by atoms with van der Waals surface area (Å²) in [6, 6.07) is 9.64. The van der Waals surface area contributed by atoms with Crippen molar-refractivity contribution in [3.8, 4) is 0 Å². The lowest BCUT2D eigenvalue weighted by Crippen LogP contribution is -2.37. The van der Waals surface area contributed by atoms with Crippen molar-refractivity contribution in [1.29, 1.82) is 0 Å². The van der Waals surface area contributed by atoms with Gasteiger partial charge in [0.15, 0.2) is 11.9 Å². The summed E-state index contributed by atoms with van der Waals surface area (Å²) in [5.74, 6) is 1.84. The van der Waals surface area contributed by atoms with Gasteiger partial charge in [-0.25, -0.2) is 0 Å². The molecular weight excluding hydrogens is 330 g/mol. The molecule has 0 fully saturated rings. The van der Waals surface area contributed by atoms with E-state index in [0.29, 0.717) is 12.1 Å². The van der Waals surface area contributed by atoms with E-state index < -0.39 is 0 Å². The highest BCUT2D eigenvalue weighted by atomic mass is 16.6. The Hall–Kier alpha value is -2.70. The van der Waals surface area contributed by atoms with E-state index in [2.05, 4.69) is 39.1 Å². The summed E-state index contributed by atoms with van der Waals surface area (Å²) in [5.41, 5.74) is 1.44. The molecule has 7 heteroatoms. The van der Waals surface area contributed by atoms with Gasteiger partial charge in [-0.15, -0.1) is 10.2 Å². The van der Waals surface area contributed by atoms with Crippen LogP contribution in [0.2, 0.25) is 0 Å². The zero-order chi connectivity index (χ0) is 18.1. The maximum atomic E-state index is 12.8.